The van der Waals surface area contributed by atoms with E-state index < -0.39 is 0 Å². The van der Waals surface area contributed by atoms with E-state index in [2.05, 4.69) is 52.4 Å². The lowest BCUT2D eigenvalue weighted by Crippen LogP contribution is -2.52. The lowest BCUT2D eigenvalue weighted by Gasteiger charge is -2.41. The predicted molar refractivity (Wildman–Crippen MR) is 103 cm³/mol. The highest BCUT2D eigenvalue weighted by atomic mass is 32.1. The molecule has 0 aliphatic carbocycles. The van der Waals surface area contributed by atoms with Crippen molar-refractivity contribution in [3.8, 4) is 5.75 Å². The maximum Gasteiger partial charge on any atom is 0.121 e. The van der Waals surface area contributed by atoms with Gasteiger partial charge in [0.2, 0.25) is 0 Å². The highest BCUT2D eigenvalue weighted by molar-refractivity contribution is 7.09. The second kappa shape index (κ2) is 8.81. The molecule has 136 valence electrons. The molecular formula is C20H28N2O2S. The fraction of sp³-hybridized carbons (Fsp3) is 0.500. The maximum atomic E-state index is 9.48. The molecule has 0 radical (unpaired) electrons. The van der Waals surface area contributed by atoms with Crippen LogP contribution < -0.4 is 4.74 Å². The second-order valence-corrected chi connectivity index (χ2v) is 7.79. The summed E-state index contributed by atoms with van der Waals surface area (Å²) in [6.45, 7) is 7.43. The number of hydrogen-bond donors (Lipinski definition) is 1. The molecule has 1 aliphatic heterocycles. The number of rotatable bonds is 7. The van der Waals surface area contributed by atoms with Gasteiger partial charge < -0.3 is 9.84 Å². The van der Waals surface area contributed by atoms with Crippen LogP contribution in [0.3, 0.4) is 0 Å². The highest BCUT2D eigenvalue weighted by Crippen LogP contribution is 2.22. The van der Waals surface area contributed by atoms with Gasteiger partial charge in [-0.1, -0.05) is 18.2 Å². The number of ether oxygens (including phenoxy) is 1. The number of aliphatic hydroxyl groups excluding tert-OH is 1. The fourth-order valence-corrected chi connectivity index (χ4v) is 4.36. The van der Waals surface area contributed by atoms with Crippen molar-refractivity contribution in [1.82, 2.24) is 9.80 Å². The first-order chi connectivity index (χ1) is 12.2. The number of benzene rings is 1. The number of nitrogens with zero attached hydrogens (tertiary/aromatic N) is 2. The van der Waals surface area contributed by atoms with Crippen LogP contribution in [0.15, 0.2) is 35.7 Å². The zero-order valence-electron chi connectivity index (χ0n) is 15.1. The van der Waals surface area contributed by atoms with E-state index in [0.717, 1.165) is 44.9 Å². The van der Waals surface area contributed by atoms with Crippen molar-refractivity contribution in [2.45, 2.75) is 32.5 Å². The molecule has 0 saturated carbocycles. The van der Waals surface area contributed by atoms with Crippen LogP contribution in [-0.2, 0) is 13.1 Å². The van der Waals surface area contributed by atoms with Crippen molar-refractivity contribution in [3.05, 3.63) is 51.7 Å². The van der Waals surface area contributed by atoms with Crippen molar-refractivity contribution in [1.29, 1.82) is 0 Å². The van der Waals surface area contributed by atoms with Gasteiger partial charge in [-0.2, -0.15) is 0 Å². The van der Waals surface area contributed by atoms with Crippen LogP contribution in [0.4, 0.5) is 0 Å². The van der Waals surface area contributed by atoms with Crippen LogP contribution in [0, 0.1) is 6.92 Å². The van der Waals surface area contributed by atoms with Gasteiger partial charge in [-0.15, -0.1) is 11.3 Å². The Morgan fingerprint density at radius 2 is 2.12 bits per heavy atom. The lowest BCUT2D eigenvalue weighted by atomic mass is 10.1. The monoisotopic (exact) mass is 360 g/mol. The first-order valence-corrected chi connectivity index (χ1v) is 9.80. The molecule has 25 heavy (non-hydrogen) atoms. The van der Waals surface area contributed by atoms with Gasteiger partial charge in [-0.25, -0.2) is 0 Å². The van der Waals surface area contributed by atoms with Crippen molar-refractivity contribution >= 4 is 11.3 Å². The molecular weight excluding hydrogens is 332 g/mol. The van der Waals surface area contributed by atoms with Gasteiger partial charge in [0.05, 0.1) is 7.11 Å². The first kappa shape index (κ1) is 18.4. The topological polar surface area (TPSA) is 35.9 Å². The molecule has 4 nitrogen and oxygen atoms in total. The molecule has 0 spiro atoms. The molecule has 1 N–H and O–H groups in total. The Labute approximate surface area is 154 Å². The van der Waals surface area contributed by atoms with Gasteiger partial charge in [0, 0.05) is 50.2 Å². The van der Waals surface area contributed by atoms with Gasteiger partial charge in [0.1, 0.15) is 5.75 Å². The SMILES string of the molecule is COc1ccc(CN2CCN(Cc3cccs3)[C@@H](CCO)C2)cc1C. The molecule has 1 aliphatic rings. The summed E-state index contributed by atoms with van der Waals surface area (Å²) in [7, 11) is 1.72. The second-order valence-electron chi connectivity index (χ2n) is 6.76. The van der Waals surface area contributed by atoms with Crippen LogP contribution in [0.1, 0.15) is 22.4 Å². The Balaban J connectivity index is 1.62. The molecule has 0 amide bonds. The highest BCUT2D eigenvalue weighted by Gasteiger charge is 2.26. The van der Waals surface area contributed by atoms with Gasteiger partial charge in [0.15, 0.2) is 0 Å². The number of methoxy groups -OCH3 is 1. The molecule has 0 bridgehead atoms. The van der Waals surface area contributed by atoms with Gasteiger partial charge in [-0.3, -0.25) is 9.80 Å². The third-order valence-electron chi connectivity index (χ3n) is 4.96. The smallest absolute Gasteiger partial charge is 0.121 e. The average molecular weight is 361 g/mol. The van der Waals surface area contributed by atoms with Crippen molar-refractivity contribution < 1.29 is 9.84 Å². The molecule has 3 rings (SSSR count). The van der Waals surface area contributed by atoms with Gasteiger partial charge >= 0.3 is 0 Å². The van der Waals surface area contributed by atoms with Crippen LogP contribution in [0.2, 0.25) is 0 Å². The third kappa shape index (κ3) is 4.82. The Hall–Kier alpha value is -1.40. The molecule has 5 heteroatoms. The largest absolute Gasteiger partial charge is 0.496 e. The lowest BCUT2D eigenvalue weighted by molar-refractivity contribution is 0.0506. The Kier molecular flexibility index (Phi) is 6.48. The quantitative estimate of drug-likeness (QED) is 0.823. The van der Waals surface area contributed by atoms with Crippen LogP contribution in [0.5, 0.6) is 5.75 Å². The summed E-state index contributed by atoms with van der Waals surface area (Å²) in [6.07, 6.45) is 0.837. The first-order valence-electron chi connectivity index (χ1n) is 8.92. The van der Waals surface area contributed by atoms with E-state index in [4.69, 9.17) is 4.74 Å². The normalized spacial score (nSPS) is 19.2. The Morgan fingerprint density at radius 1 is 1.24 bits per heavy atom. The molecule has 2 aromatic rings. The summed E-state index contributed by atoms with van der Waals surface area (Å²) in [6, 6.07) is 11.2. The standard InChI is InChI=1S/C20H28N2O2S/c1-16-12-17(5-6-20(16)24-2)13-21-8-9-22(18(14-21)7-10-23)15-19-4-3-11-25-19/h3-6,11-12,18,23H,7-10,13-15H2,1-2H3/t18-/m0/s1. The van der Waals surface area contributed by atoms with E-state index >= 15 is 0 Å². The minimum absolute atomic E-state index is 0.251. The molecule has 1 aromatic heterocycles. The van der Waals surface area contributed by atoms with Crippen molar-refractivity contribution in [2.75, 3.05) is 33.4 Å². The molecule has 2 heterocycles. The van der Waals surface area contributed by atoms with Gasteiger partial charge in [0.25, 0.3) is 0 Å². The summed E-state index contributed by atoms with van der Waals surface area (Å²) in [4.78, 5) is 6.44. The number of thiophene rings is 1. The van der Waals surface area contributed by atoms with Crippen molar-refractivity contribution in [2.24, 2.45) is 0 Å². The molecule has 1 aromatic carbocycles. The maximum absolute atomic E-state index is 9.48. The average Bonchev–Trinajstić information content (AvgIpc) is 3.11. The van der Waals surface area contributed by atoms with Crippen LogP contribution in [-0.4, -0.2) is 54.3 Å². The fourth-order valence-electron chi connectivity index (χ4n) is 3.63. The number of piperazine rings is 1. The number of aryl methyl sites for hydroxylation is 1. The third-order valence-corrected chi connectivity index (χ3v) is 5.82. The number of aliphatic hydroxyl groups is 1. The summed E-state index contributed by atoms with van der Waals surface area (Å²) >= 11 is 1.82. The van der Waals surface area contributed by atoms with E-state index in [9.17, 15) is 5.11 Å². The summed E-state index contributed by atoms with van der Waals surface area (Å²) < 4.78 is 5.36. The van der Waals surface area contributed by atoms with E-state index in [1.807, 2.05) is 11.3 Å². The number of hydrogen-bond acceptors (Lipinski definition) is 5. The summed E-state index contributed by atoms with van der Waals surface area (Å²) in [5, 5.41) is 11.6. The van der Waals surface area contributed by atoms with Crippen LogP contribution >= 0.6 is 11.3 Å². The zero-order chi connectivity index (χ0) is 17.6. The minimum atomic E-state index is 0.251. The van der Waals surface area contributed by atoms with Crippen LogP contribution in [0.25, 0.3) is 0 Å². The molecule has 0 unspecified atom stereocenters. The predicted octanol–water partition coefficient (Wildman–Crippen LogP) is 3.13. The zero-order valence-corrected chi connectivity index (χ0v) is 16.0. The van der Waals surface area contributed by atoms with Gasteiger partial charge in [-0.05, 0) is 42.0 Å². The Bertz CT molecular complexity index is 660. The van der Waals surface area contributed by atoms with Crippen molar-refractivity contribution in [3.63, 3.8) is 0 Å². The Morgan fingerprint density at radius 3 is 2.80 bits per heavy atom. The van der Waals surface area contributed by atoms with E-state index in [1.54, 1.807) is 7.11 Å². The summed E-state index contributed by atoms with van der Waals surface area (Å²) in [5.41, 5.74) is 2.51. The molecule has 1 saturated heterocycles. The molecule has 1 fully saturated rings. The molecule has 1 atom stereocenters. The van der Waals surface area contributed by atoms with E-state index in [1.165, 1.54) is 16.0 Å². The van der Waals surface area contributed by atoms with E-state index in [-0.39, 0.29) is 6.61 Å². The minimum Gasteiger partial charge on any atom is -0.496 e. The summed E-state index contributed by atoms with van der Waals surface area (Å²) in [5.74, 6) is 0.947. The van der Waals surface area contributed by atoms with E-state index in [0.29, 0.717) is 6.04 Å².